The lowest BCUT2D eigenvalue weighted by Gasteiger charge is -2.19. The molecular formula is C15H24N4O2. The molecule has 0 bridgehead atoms. The van der Waals surface area contributed by atoms with Gasteiger partial charge in [0.25, 0.3) is 0 Å². The number of hydrogen-bond donors (Lipinski definition) is 3. The number of hydrogen-bond acceptors (Lipinski definition) is 4. The van der Waals surface area contributed by atoms with E-state index < -0.39 is 0 Å². The number of rotatable bonds is 8. The Morgan fingerprint density at radius 2 is 1.81 bits per heavy atom. The number of nitrogens with two attached hydrogens (primary N) is 1. The summed E-state index contributed by atoms with van der Waals surface area (Å²) in [4.78, 5) is 25.4. The second kappa shape index (κ2) is 9.10. The molecule has 0 aliphatic heterocycles. The maximum atomic E-state index is 12.1. The van der Waals surface area contributed by atoms with Gasteiger partial charge in [0, 0.05) is 18.8 Å². The molecule has 0 heterocycles. The Hall–Kier alpha value is -1.92. The Bertz CT molecular complexity index is 476. The molecule has 0 unspecified atom stereocenters. The van der Waals surface area contributed by atoms with E-state index in [9.17, 15) is 9.59 Å². The summed E-state index contributed by atoms with van der Waals surface area (Å²) in [6, 6.07) is 7.43. The van der Waals surface area contributed by atoms with Crippen LogP contribution in [0.2, 0.25) is 0 Å². The average Bonchev–Trinajstić information content (AvgIpc) is 2.47. The quantitative estimate of drug-likeness (QED) is 0.652. The van der Waals surface area contributed by atoms with Crippen LogP contribution >= 0.6 is 0 Å². The van der Waals surface area contributed by atoms with Gasteiger partial charge in [-0.05, 0) is 25.1 Å². The minimum atomic E-state index is -0.151. The SMILES string of the molecule is CCNC(=O)CN(CC)CC(=O)Nc1ccccc1CN. The lowest BCUT2D eigenvalue weighted by atomic mass is 10.2. The highest BCUT2D eigenvalue weighted by Gasteiger charge is 2.13. The van der Waals surface area contributed by atoms with Crippen LogP contribution in [0.3, 0.4) is 0 Å². The van der Waals surface area contributed by atoms with Gasteiger partial charge < -0.3 is 16.4 Å². The molecule has 0 atom stereocenters. The van der Waals surface area contributed by atoms with E-state index in [-0.39, 0.29) is 24.9 Å². The molecule has 0 aliphatic rings. The van der Waals surface area contributed by atoms with E-state index in [1.807, 2.05) is 38.1 Å². The van der Waals surface area contributed by atoms with Crippen LogP contribution in [0.25, 0.3) is 0 Å². The molecule has 116 valence electrons. The third-order valence-electron chi connectivity index (χ3n) is 3.07. The standard InChI is InChI=1S/C15H24N4O2/c1-3-17-14(20)10-19(4-2)11-15(21)18-13-8-6-5-7-12(13)9-16/h5-8H,3-4,9-11,16H2,1-2H3,(H,17,20)(H,18,21). The van der Waals surface area contributed by atoms with Gasteiger partial charge in [-0.3, -0.25) is 14.5 Å². The zero-order valence-corrected chi connectivity index (χ0v) is 12.7. The molecule has 0 fully saturated rings. The van der Waals surface area contributed by atoms with Crippen molar-refractivity contribution in [2.24, 2.45) is 5.73 Å². The lowest BCUT2D eigenvalue weighted by molar-refractivity contribution is -0.123. The number of nitrogens with one attached hydrogen (secondary N) is 2. The van der Waals surface area contributed by atoms with Gasteiger partial charge in [-0.15, -0.1) is 0 Å². The summed E-state index contributed by atoms with van der Waals surface area (Å²) in [5.41, 5.74) is 7.25. The van der Waals surface area contributed by atoms with Crippen molar-refractivity contribution in [3.8, 4) is 0 Å². The van der Waals surface area contributed by atoms with E-state index >= 15 is 0 Å². The largest absolute Gasteiger partial charge is 0.355 e. The highest BCUT2D eigenvalue weighted by atomic mass is 16.2. The van der Waals surface area contributed by atoms with Gasteiger partial charge in [-0.25, -0.2) is 0 Å². The van der Waals surface area contributed by atoms with Gasteiger partial charge >= 0.3 is 0 Å². The Morgan fingerprint density at radius 3 is 2.43 bits per heavy atom. The molecule has 4 N–H and O–H groups in total. The molecule has 1 rings (SSSR count). The molecule has 6 nitrogen and oxygen atoms in total. The van der Waals surface area contributed by atoms with E-state index in [1.54, 1.807) is 4.90 Å². The predicted molar refractivity (Wildman–Crippen MR) is 83.8 cm³/mol. The van der Waals surface area contributed by atoms with Crippen molar-refractivity contribution in [3.05, 3.63) is 29.8 Å². The summed E-state index contributed by atoms with van der Waals surface area (Å²) in [5, 5.41) is 5.56. The first-order valence-electron chi connectivity index (χ1n) is 7.17. The second-order valence-corrected chi connectivity index (χ2v) is 4.67. The fraction of sp³-hybridized carbons (Fsp3) is 0.467. The maximum absolute atomic E-state index is 12.1. The summed E-state index contributed by atoms with van der Waals surface area (Å²) in [5.74, 6) is -0.225. The van der Waals surface area contributed by atoms with Gasteiger partial charge in [-0.1, -0.05) is 25.1 Å². The van der Waals surface area contributed by atoms with Crippen molar-refractivity contribution in [1.82, 2.24) is 10.2 Å². The zero-order valence-electron chi connectivity index (χ0n) is 12.7. The van der Waals surface area contributed by atoms with Gasteiger partial charge in [0.05, 0.1) is 13.1 Å². The highest BCUT2D eigenvalue weighted by molar-refractivity contribution is 5.93. The van der Waals surface area contributed by atoms with Crippen molar-refractivity contribution in [3.63, 3.8) is 0 Å². The highest BCUT2D eigenvalue weighted by Crippen LogP contribution is 2.13. The Balaban J connectivity index is 2.56. The number of nitrogens with zero attached hydrogens (tertiary/aromatic N) is 1. The van der Waals surface area contributed by atoms with Crippen LogP contribution < -0.4 is 16.4 Å². The van der Waals surface area contributed by atoms with Crippen molar-refractivity contribution in [2.75, 3.05) is 31.5 Å². The second-order valence-electron chi connectivity index (χ2n) is 4.67. The van der Waals surface area contributed by atoms with Crippen LogP contribution in [0.4, 0.5) is 5.69 Å². The summed E-state index contributed by atoms with van der Waals surface area (Å²) < 4.78 is 0. The number of likely N-dealkylation sites (N-methyl/N-ethyl adjacent to an activating group) is 2. The van der Waals surface area contributed by atoms with Crippen LogP contribution in [-0.4, -0.2) is 42.9 Å². The van der Waals surface area contributed by atoms with E-state index in [2.05, 4.69) is 10.6 Å². The minimum absolute atomic E-state index is 0.0745. The zero-order chi connectivity index (χ0) is 15.7. The van der Waals surface area contributed by atoms with Crippen LogP contribution in [0.15, 0.2) is 24.3 Å². The molecule has 0 saturated carbocycles. The summed E-state index contributed by atoms with van der Waals surface area (Å²) in [6.45, 7) is 5.76. The van der Waals surface area contributed by atoms with Crippen molar-refractivity contribution in [1.29, 1.82) is 0 Å². The van der Waals surface area contributed by atoms with Crippen molar-refractivity contribution < 1.29 is 9.59 Å². The van der Waals surface area contributed by atoms with Gasteiger partial charge in [-0.2, -0.15) is 0 Å². The first-order chi connectivity index (χ1) is 10.1. The molecule has 2 amide bonds. The predicted octanol–water partition coefficient (Wildman–Crippen LogP) is 0.542. The van der Waals surface area contributed by atoms with Crippen LogP contribution in [-0.2, 0) is 16.1 Å². The number of para-hydroxylation sites is 1. The molecular weight excluding hydrogens is 268 g/mol. The summed E-state index contributed by atoms with van der Waals surface area (Å²) in [6.07, 6.45) is 0. The molecule has 0 aromatic heterocycles. The molecule has 0 radical (unpaired) electrons. The Morgan fingerprint density at radius 1 is 1.14 bits per heavy atom. The number of benzene rings is 1. The van der Waals surface area contributed by atoms with E-state index in [0.717, 1.165) is 11.3 Å². The van der Waals surface area contributed by atoms with Gasteiger partial charge in [0.2, 0.25) is 11.8 Å². The molecule has 0 saturated heterocycles. The molecule has 6 heteroatoms. The topological polar surface area (TPSA) is 87.5 Å². The van der Waals surface area contributed by atoms with Gasteiger partial charge in [0.15, 0.2) is 0 Å². The smallest absolute Gasteiger partial charge is 0.238 e. The van der Waals surface area contributed by atoms with Crippen LogP contribution in [0, 0.1) is 0 Å². The molecule has 21 heavy (non-hydrogen) atoms. The van der Waals surface area contributed by atoms with Crippen molar-refractivity contribution >= 4 is 17.5 Å². The molecule has 1 aromatic carbocycles. The lowest BCUT2D eigenvalue weighted by Crippen LogP contribution is -2.41. The Labute approximate surface area is 125 Å². The number of carbonyl (C=O) groups excluding carboxylic acids is 2. The van der Waals surface area contributed by atoms with E-state index in [4.69, 9.17) is 5.73 Å². The number of anilines is 1. The Kier molecular flexibility index (Phi) is 7.42. The van der Waals surface area contributed by atoms with Crippen LogP contribution in [0.1, 0.15) is 19.4 Å². The van der Waals surface area contributed by atoms with E-state index in [0.29, 0.717) is 19.6 Å². The average molecular weight is 292 g/mol. The van der Waals surface area contributed by atoms with Crippen molar-refractivity contribution in [2.45, 2.75) is 20.4 Å². The molecule has 1 aromatic rings. The molecule has 0 spiro atoms. The fourth-order valence-corrected chi connectivity index (χ4v) is 1.95. The normalized spacial score (nSPS) is 10.5. The third kappa shape index (κ3) is 5.93. The fourth-order valence-electron chi connectivity index (χ4n) is 1.95. The summed E-state index contributed by atoms with van der Waals surface area (Å²) in [7, 11) is 0. The monoisotopic (exact) mass is 292 g/mol. The third-order valence-corrected chi connectivity index (χ3v) is 3.07. The maximum Gasteiger partial charge on any atom is 0.238 e. The van der Waals surface area contributed by atoms with E-state index in [1.165, 1.54) is 0 Å². The van der Waals surface area contributed by atoms with Crippen LogP contribution in [0.5, 0.6) is 0 Å². The first-order valence-corrected chi connectivity index (χ1v) is 7.17. The minimum Gasteiger partial charge on any atom is -0.355 e. The number of amides is 2. The van der Waals surface area contributed by atoms with Gasteiger partial charge in [0.1, 0.15) is 0 Å². The first kappa shape index (κ1) is 17.1. The number of carbonyl (C=O) groups is 2. The summed E-state index contributed by atoms with van der Waals surface area (Å²) >= 11 is 0. The molecule has 0 aliphatic carbocycles.